The van der Waals surface area contributed by atoms with Gasteiger partial charge in [0.25, 0.3) is 0 Å². The number of aliphatic carboxylic acids is 2. The number of carbonyl (C=O) groups is 5. The zero-order valence-corrected chi connectivity index (χ0v) is 18.9. The largest absolute Gasteiger partial charge is 0.508 e. The Labute approximate surface area is 200 Å². The Morgan fingerprint density at radius 1 is 0.882 bits per heavy atom. The lowest BCUT2D eigenvalue weighted by Crippen LogP contribution is -2.58. The van der Waals surface area contributed by atoms with Crippen LogP contribution < -0.4 is 21.7 Å². The van der Waals surface area contributed by atoms with Gasteiger partial charge in [-0.2, -0.15) is 12.6 Å². The van der Waals surface area contributed by atoms with E-state index in [1.165, 1.54) is 24.3 Å². The fourth-order valence-corrected chi connectivity index (χ4v) is 2.95. The molecule has 9 N–H and O–H groups in total. The van der Waals surface area contributed by atoms with Crippen LogP contribution in [0.15, 0.2) is 24.3 Å². The summed E-state index contributed by atoms with van der Waals surface area (Å²) < 4.78 is 0. The van der Waals surface area contributed by atoms with Crippen LogP contribution >= 0.6 is 12.6 Å². The number of rotatable bonds is 14. The van der Waals surface area contributed by atoms with E-state index in [0.717, 1.165) is 0 Å². The third-order valence-corrected chi connectivity index (χ3v) is 4.99. The lowest BCUT2D eigenvalue weighted by molar-refractivity contribution is -0.143. The number of hydrogen-bond donors (Lipinski definition) is 9. The van der Waals surface area contributed by atoms with Gasteiger partial charge in [0.05, 0.1) is 12.6 Å². The minimum absolute atomic E-state index is 0.0305. The molecule has 0 bridgehead atoms. The van der Waals surface area contributed by atoms with E-state index in [9.17, 15) is 29.1 Å². The molecule has 0 aliphatic heterocycles. The summed E-state index contributed by atoms with van der Waals surface area (Å²) in [4.78, 5) is 59.4. The maximum atomic E-state index is 12.8. The summed E-state index contributed by atoms with van der Waals surface area (Å²) in [5.41, 5.74) is 6.15. The lowest BCUT2D eigenvalue weighted by atomic mass is 10.0. The number of phenolic OH excluding ortho intramolecular Hbond substituents is 1. The molecule has 14 heteroatoms. The summed E-state index contributed by atoms with van der Waals surface area (Å²) in [6.45, 7) is -0.884. The number of aliphatic hydroxyl groups is 1. The third kappa shape index (κ3) is 9.64. The highest BCUT2D eigenvalue weighted by Crippen LogP contribution is 2.12. The molecule has 0 heterocycles. The molecule has 1 aromatic carbocycles. The molecule has 0 aromatic heterocycles. The van der Waals surface area contributed by atoms with E-state index in [0.29, 0.717) is 5.56 Å². The number of aliphatic hydroxyl groups excluding tert-OH is 1. The summed E-state index contributed by atoms with van der Waals surface area (Å²) in [6.07, 6.45) is -0.622. The third-order valence-electron chi connectivity index (χ3n) is 4.63. The Bertz CT molecular complexity index is 881. The Morgan fingerprint density at radius 3 is 1.91 bits per heavy atom. The Kier molecular flexibility index (Phi) is 11.8. The normalized spacial score (nSPS) is 14.2. The number of aromatic hydroxyl groups is 1. The first-order valence-electron chi connectivity index (χ1n) is 10.1. The minimum atomic E-state index is -1.61. The number of benzene rings is 1. The van der Waals surface area contributed by atoms with Crippen molar-refractivity contribution < 1.29 is 44.4 Å². The maximum Gasteiger partial charge on any atom is 0.328 e. The zero-order valence-electron chi connectivity index (χ0n) is 18.0. The molecule has 4 atom stereocenters. The molecule has 0 aliphatic carbocycles. The molecule has 0 spiro atoms. The highest BCUT2D eigenvalue weighted by atomic mass is 32.1. The molecular weight excluding hydrogens is 472 g/mol. The number of amides is 3. The van der Waals surface area contributed by atoms with Crippen molar-refractivity contribution in [3.63, 3.8) is 0 Å². The predicted octanol–water partition coefficient (Wildman–Crippen LogP) is -2.41. The summed E-state index contributed by atoms with van der Waals surface area (Å²) in [5, 5.41) is 43.2. The van der Waals surface area contributed by atoms with Crippen LogP contribution in [0.5, 0.6) is 5.75 Å². The van der Waals surface area contributed by atoms with Gasteiger partial charge in [0.15, 0.2) is 0 Å². The first-order valence-corrected chi connectivity index (χ1v) is 10.7. The number of carboxylic acids is 2. The van der Waals surface area contributed by atoms with E-state index in [2.05, 4.69) is 28.6 Å². The van der Waals surface area contributed by atoms with Crippen molar-refractivity contribution in [3.8, 4) is 5.75 Å². The molecule has 0 aliphatic rings. The number of carboxylic acid groups (broad SMARTS) is 2. The second-order valence-electron chi connectivity index (χ2n) is 7.30. The number of nitrogens with two attached hydrogens (primary N) is 1. The molecule has 13 nitrogen and oxygen atoms in total. The quantitative estimate of drug-likeness (QED) is 0.123. The molecule has 0 saturated carbocycles. The van der Waals surface area contributed by atoms with Gasteiger partial charge in [-0.05, 0) is 24.1 Å². The Balaban J connectivity index is 2.97. The van der Waals surface area contributed by atoms with E-state index in [-0.39, 0.29) is 30.8 Å². The van der Waals surface area contributed by atoms with Gasteiger partial charge < -0.3 is 42.1 Å². The van der Waals surface area contributed by atoms with Gasteiger partial charge in [0.1, 0.15) is 23.9 Å². The van der Waals surface area contributed by atoms with Crippen LogP contribution in [-0.2, 0) is 30.4 Å². The summed E-state index contributed by atoms with van der Waals surface area (Å²) in [5.74, 6) is -5.38. The second-order valence-corrected chi connectivity index (χ2v) is 7.66. The lowest BCUT2D eigenvalue weighted by Gasteiger charge is -2.24. The van der Waals surface area contributed by atoms with Crippen molar-refractivity contribution in [2.24, 2.45) is 5.73 Å². The Morgan fingerprint density at radius 2 is 1.41 bits per heavy atom. The second kappa shape index (κ2) is 14.0. The average molecular weight is 501 g/mol. The summed E-state index contributed by atoms with van der Waals surface area (Å²) in [6, 6.07) is 0.330. The molecule has 1 rings (SSSR count). The van der Waals surface area contributed by atoms with E-state index in [1.807, 2.05) is 0 Å². The zero-order chi connectivity index (χ0) is 25.8. The maximum absolute atomic E-state index is 12.8. The van der Waals surface area contributed by atoms with E-state index in [4.69, 9.17) is 21.1 Å². The van der Waals surface area contributed by atoms with Crippen LogP contribution in [0.4, 0.5) is 0 Å². The molecule has 0 fully saturated rings. The molecular formula is C20H28N4O9S. The molecule has 0 radical (unpaired) electrons. The monoisotopic (exact) mass is 500 g/mol. The minimum Gasteiger partial charge on any atom is -0.508 e. The van der Waals surface area contributed by atoms with Crippen LogP contribution in [0, 0.1) is 0 Å². The molecule has 1 aromatic rings. The van der Waals surface area contributed by atoms with Crippen LogP contribution in [0.2, 0.25) is 0 Å². The molecule has 3 amide bonds. The van der Waals surface area contributed by atoms with Crippen molar-refractivity contribution in [2.45, 2.75) is 43.4 Å². The average Bonchev–Trinajstić information content (AvgIpc) is 2.79. The SMILES string of the molecule is NC(CCC(=O)O)C(=O)NC(CS)C(=O)NC(Cc1ccc(O)cc1)C(=O)NC(CO)C(=O)O. The fourth-order valence-electron chi connectivity index (χ4n) is 2.69. The number of nitrogens with one attached hydrogen (secondary N) is 3. The van der Waals surface area contributed by atoms with E-state index in [1.54, 1.807) is 0 Å². The first kappa shape index (κ1) is 28.7. The molecule has 0 saturated heterocycles. The number of thiol groups is 1. The van der Waals surface area contributed by atoms with Gasteiger partial charge in [-0.15, -0.1) is 0 Å². The van der Waals surface area contributed by atoms with Crippen molar-refractivity contribution in [3.05, 3.63) is 29.8 Å². The van der Waals surface area contributed by atoms with Crippen molar-refractivity contribution in [1.29, 1.82) is 0 Å². The van der Waals surface area contributed by atoms with Crippen LogP contribution in [0.25, 0.3) is 0 Å². The number of carbonyl (C=O) groups excluding carboxylic acids is 3. The standard InChI is InChI=1S/C20H28N4O9S/c21-12(5-6-16(27)28)17(29)24-15(9-34)19(31)22-13(7-10-1-3-11(26)4-2-10)18(30)23-14(8-25)20(32)33/h1-4,12-15,25-26,34H,5-9,21H2,(H,22,31)(H,23,30)(H,24,29)(H,27,28)(H,32,33). The molecule has 188 valence electrons. The smallest absolute Gasteiger partial charge is 0.328 e. The van der Waals surface area contributed by atoms with Crippen molar-refractivity contribution in [2.75, 3.05) is 12.4 Å². The van der Waals surface area contributed by atoms with Gasteiger partial charge in [-0.3, -0.25) is 19.2 Å². The van der Waals surface area contributed by atoms with Crippen LogP contribution in [0.3, 0.4) is 0 Å². The topological polar surface area (TPSA) is 228 Å². The molecule has 4 unspecified atom stereocenters. The van der Waals surface area contributed by atoms with Crippen molar-refractivity contribution in [1.82, 2.24) is 16.0 Å². The van der Waals surface area contributed by atoms with Gasteiger partial charge in [0, 0.05) is 18.6 Å². The number of phenols is 1. The first-order chi connectivity index (χ1) is 16.0. The molecule has 34 heavy (non-hydrogen) atoms. The van der Waals surface area contributed by atoms with E-state index < -0.39 is 60.4 Å². The van der Waals surface area contributed by atoms with E-state index >= 15 is 0 Å². The Hall–Kier alpha value is -3.36. The summed E-state index contributed by atoms with van der Waals surface area (Å²) in [7, 11) is 0. The van der Waals surface area contributed by atoms with Gasteiger partial charge in [0.2, 0.25) is 17.7 Å². The van der Waals surface area contributed by atoms with Gasteiger partial charge in [-0.1, -0.05) is 12.1 Å². The summed E-state index contributed by atoms with van der Waals surface area (Å²) >= 11 is 4.02. The van der Waals surface area contributed by atoms with Crippen LogP contribution in [-0.4, -0.2) is 86.6 Å². The predicted molar refractivity (Wildman–Crippen MR) is 121 cm³/mol. The van der Waals surface area contributed by atoms with Gasteiger partial charge in [-0.25, -0.2) is 4.79 Å². The highest BCUT2D eigenvalue weighted by Gasteiger charge is 2.30. The van der Waals surface area contributed by atoms with Crippen molar-refractivity contribution >= 4 is 42.3 Å². The fraction of sp³-hybridized carbons (Fsp3) is 0.450. The van der Waals surface area contributed by atoms with Gasteiger partial charge >= 0.3 is 11.9 Å². The highest BCUT2D eigenvalue weighted by molar-refractivity contribution is 7.80. The number of hydrogen-bond acceptors (Lipinski definition) is 9. The van der Waals surface area contributed by atoms with Crippen LogP contribution in [0.1, 0.15) is 18.4 Å².